The zero-order valence-corrected chi connectivity index (χ0v) is 18.6. The molecule has 0 aliphatic heterocycles. The summed E-state index contributed by atoms with van der Waals surface area (Å²) in [5.74, 6) is 0.779. The fourth-order valence-corrected chi connectivity index (χ4v) is 3.61. The second-order valence-electron chi connectivity index (χ2n) is 7.66. The molecule has 3 rings (SSSR count). The van der Waals surface area contributed by atoms with Gasteiger partial charge in [0, 0.05) is 25.8 Å². The molecular formula is C24H32N6. The van der Waals surface area contributed by atoms with Crippen molar-refractivity contribution in [3.8, 4) is 5.69 Å². The van der Waals surface area contributed by atoms with Gasteiger partial charge in [-0.05, 0) is 51.2 Å². The van der Waals surface area contributed by atoms with E-state index in [9.17, 15) is 0 Å². The standard InChI is InChI=1S/C24H32N6/c1-18-15-19(2)30(28-18)22-14-10-9-13-21(22)16-26-24(25-3)27-17-23(29(4)5)20-11-7-6-8-12-20/h6-15,23H,16-17H2,1-5H3,(H2,25,26,27). The Morgan fingerprint density at radius 2 is 1.73 bits per heavy atom. The molecule has 1 unspecified atom stereocenters. The number of nitrogens with one attached hydrogen (secondary N) is 2. The van der Waals surface area contributed by atoms with Crippen LogP contribution in [-0.4, -0.2) is 48.3 Å². The van der Waals surface area contributed by atoms with Gasteiger partial charge in [-0.1, -0.05) is 48.5 Å². The molecule has 3 aromatic rings. The molecule has 0 amide bonds. The summed E-state index contributed by atoms with van der Waals surface area (Å²) in [5, 5.41) is 11.6. The summed E-state index contributed by atoms with van der Waals surface area (Å²) < 4.78 is 2.00. The minimum atomic E-state index is 0.256. The van der Waals surface area contributed by atoms with Crippen molar-refractivity contribution in [1.29, 1.82) is 0 Å². The molecule has 1 aromatic heterocycles. The van der Waals surface area contributed by atoms with E-state index in [0.717, 1.165) is 29.6 Å². The molecule has 2 aromatic carbocycles. The van der Waals surface area contributed by atoms with E-state index in [4.69, 9.17) is 0 Å². The average Bonchev–Trinajstić information content (AvgIpc) is 3.09. The maximum absolute atomic E-state index is 4.64. The summed E-state index contributed by atoms with van der Waals surface area (Å²) in [6.07, 6.45) is 0. The third-order valence-electron chi connectivity index (χ3n) is 5.17. The summed E-state index contributed by atoms with van der Waals surface area (Å²) in [7, 11) is 6.00. The molecule has 0 aliphatic rings. The highest BCUT2D eigenvalue weighted by atomic mass is 15.3. The lowest BCUT2D eigenvalue weighted by Crippen LogP contribution is -2.41. The summed E-state index contributed by atoms with van der Waals surface area (Å²) in [5.41, 5.74) is 5.67. The number of hydrogen-bond acceptors (Lipinski definition) is 3. The Hall–Kier alpha value is -3.12. The number of aromatic nitrogens is 2. The maximum atomic E-state index is 4.64. The predicted molar refractivity (Wildman–Crippen MR) is 124 cm³/mol. The first-order valence-electron chi connectivity index (χ1n) is 10.3. The van der Waals surface area contributed by atoms with Crippen molar-refractivity contribution in [2.24, 2.45) is 4.99 Å². The van der Waals surface area contributed by atoms with E-state index < -0.39 is 0 Å². The Balaban J connectivity index is 1.67. The van der Waals surface area contributed by atoms with Crippen molar-refractivity contribution in [3.05, 3.63) is 83.2 Å². The van der Waals surface area contributed by atoms with Crippen molar-refractivity contribution in [1.82, 2.24) is 25.3 Å². The number of rotatable bonds is 7. The van der Waals surface area contributed by atoms with Crippen LogP contribution in [0.1, 0.15) is 28.6 Å². The highest BCUT2D eigenvalue weighted by Crippen LogP contribution is 2.18. The van der Waals surface area contributed by atoms with Crippen LogP contribution in [0.15, 0.2) is 65.7 Å². The van der Waals surface area contributed by atoms with Gasteiger partial charge >= 0.3 is 0 Å². The highest BCUT2D eigenvalue weighted by Gasteiger charge is 2.15. The fourth-order valence-electron chi connectivity index (χ4n) is 3.61. The number of guanidine groups is 1. The van der Waals surface area contributed by atoms with Gasteiger partial charge in [-0.25, -0.2) is 4.68 Å². The van der Waals surface area contributed by atoms with Gasteiger partial charge in [0.05, 0.1) is 17.4 Å². The Kier molecular flexibility index (Phi) is 7.25. The molecule has 158 valence electrons. The quantitative estimate of drug-likeness (QED) is 0.468. The summed E-state index contributed by atoms with van der Waals surface area (Å²) >= 11 is 0. The van der Waals surface area contributed by atoms with Gasteiger partial charge in [-0.2, -0.15) is 5.10 Å². The first kappa shape index (κ1) is 21.6. The van der Waals surface area contributed by atoms with E-state index in [-0.39, 0.29) is 6.04 Å². The smallest absolute Gasteiger partial charge is 0.191 e. The Morgan fingerprint density at radius 3 is 2.37 bits per heavy atom. The number of para-hydroxylation sites is 1. The van der Waals surface area contributed by atoms with Crippen molar-refractivity contribution < 1.29 is 0 Å². The first-order valence-corrected chi connectivity index (χ1v) is 10.3. The lowest BCUT2D eigenvalue weighted by Gasteiger charge is -2.26. The molecule has 6 heteroatoms. The number of likely N-dealkylation sites (N-methyl/N-ethyl adjacent to an activating group) is 1. The van der Waals surface area contributed by atoms with Crippen LogP contribution < -0.4 is 10.6 Å². The molecule has 0 aliphatic carbocycles. The Morgan fingerprint density at radius 1 is 1.03 bits per heavy atom. The summed E-state index contributed by atoms with van der Waals surface area (Å²) in [6, 6.07) is 21.2. The SMILES string of the molecule is CN=C(NCc1ccccc1-n1nc(C)cc1C)NCC(c1ccccc1)N(C)C. The van der Waals surface area contributed by atoms with Crippen molar-refractivity contribution >= 4 is 5.96 Å². The number of aliphatic imine (C=N–C) groups is 1. The maximum Gasteiger partial charge on any atom is 0.191 e. The fraction of sp³-hybridized carbons (Fsp3) is 0.333. The number of benzene rings is 2. The molecule has 0 bridgehead atoms. The number of aryl methyl sites for hydroxylation is 2. The largest absolute Gasteiger partial charge is 0.354 e. The van der Waals surface area contributed by atoms with Gasteiger partial charge in [-0.3, -0.25) is 4.99 Å². The average molecular weight is 405 g/mol. The molecule has 0 radical (unpaired) electrons. The van der Waals surface area contributed by atoms with Crippen LogP contribution in [0.2, 0.25) is 0 Å². The number of hydrogen-bond donors (Lipinski definition) is 2. The molecule has 30 heavy (non-hydrogen) atoms. The lowest BCUT2D eigenvalue weighted by molar-refractivity contribution is 0.298. The Bertz CT molecular complexity index is 974. The molecule has 0 saturated carbocycles. The van der Waals surface area contributed by atoms with Gasteiger partial charge in [-0.15, -0.1) is 0 Å². The predicted octanol–water partition coefficient (Wildman–Crippen LogP) is 3.46. The van der Waals surface area contributed by atoms with Crippen LogP contribution in [-0.2, 0) is 6.54 Å². The van der Waals surface area contributed by atoms with E-state index in [1.165, 1.54) is 11.1 Å². The van der Waals surface area contributed by atoms with Crippen LogP contribution in [0, 0.1) is 13.8 Å². The second-order valence-corrected chi connectivity index (χ2v) is 7.66. The molecule has 2 N–H and O–H groups in total. The minimum absolute atomic E-state index is 0.256. The molecule has 1 atom stereocenters. The molecule has 1 heterocycles. The van der Waals surface area contributed by atoms with Crippen molar-refractivity contribution in [2.45, 2.75) is 26.4 Å². The monoisotopic (exact) mass is 404 g/mol. The summed E-state index contributed by atoms with van der Waals surface area (Å²) in [6.45, 7) is 5.52. The van der Waals surface area contributed by atoms with E-state index in [1.54, 1.807) is 7.05 Å². The zero-order chi connectivity index (χ0) is 21.5. The summed E-state index contributed by atoms with van der Waals surface area (Å²) in [4.78, 5) is 6.62. The highest BCUT2D eigenvalue weighted by molar-refractivity contribution is 5.79. The van der Waals surface area contributed by atoms with Gasteiger partial charge < -0.3 is 15.5 Å². The normalized spacial score (nSPS) is 12.8. The molecule has 6 nitrogen and oxygen atoms in total. The molecule has 0 spiro atoms. The van der Waals surface area contributed by atoms with E-state index in [2.05, 4.69) is 95.2 Å². The van der Waals surface area contributed by atoms with Gasteiger partial charge in [0.25, 0.3) is 0 Å². The van der Waals surface area contributed by atoms with Gasteiger partial charge in [0.15, 0.2) is 5.96 Å². The molecule has 0 fully saturated rings. The van der Waals surface area contributed by atoms with Crippen LogP contribution in [0.5, 0.6) is 0 Å². The zero-order valence-electron chi connectivity index (χ0n) is 18.6. The second kappa shape index (κ2) is 10.1. The van der Waals surface area contributed by atoms with Crippen molar-refractivity contribution in [3.63, 3.8) is 0 Å². The van der Waals surface area contributed by atoms with Crippen LogP contribution in [0.4, 0.5) is 0 Å². The third-order valence-corrected chi connectivity index (χ3v) is 5.17. The first-order chi connectivity index (χ1) is 14.5. The van der Waals surface area contributed by atoms with Crippen LogP contribution in [0.3, 0.4) is 0 Å². The molecular weight excluding hydrogens is 372 g/mol. The topological polar surface area (TPSA) is 57.5 Å². The van der Waals surface area contributed by atoms with Gasteiger partial charge in [0.2, 0.25) is 0 Å². The van der Waals surface area contributed by atoms with E-state index in [1.807, 2.05) is 23.7 Å². The van der Waals surface area contributed by atoms with E-state index in [0.29, 0.717) is 6.54 Å². The van der Waals surface area contributed by atoms with E-state index >= 15 is 0 Å². The van der Waals surface area contributed by atoms with Crippen LogP contribution in [0.25, 0.3) is 5.69 Å². The lowest BCUT2D eigenvalue weighted by atomic mass is 10.1. The Labute approximate surface area is 179 Å². The van der Waals surface area contributed by atoms with Crippen molar-refractivity contribution in [2.75, 3.05) is 27.7 Å². The van der Waals surface area contributed by atoms with Gasteiger partial charge in [0.1, 0.15) is 0 Å². The minimum Gasteiger partial charge on any atom is -0.354 e. The van der Waals surface area contributed by atoms with Crippen LogP contribution >= 0.6 is 0 Å². The third kappa shape index (κ3) is 5.27. The number of nitrogens with zero attached hydrogens (tertiary/aromatic N) is 4. The molecule has 0 saturated heterocycles.